The lowest BCUT2D eigenvalue weighted by Gasteiger charge is -2.06. The largest absolute Gasteiger partial charge is 0.508 e. The number of carbonyl (C=O) groups is 1. The molecule has 0 aromatic heterocycles. The van der Waals surface area contributed by atoms with Crippen LogP contribution in [0, 0.1) is 11.3 Å². The van der Waals surface area contributed by atoms with Gasteiger partial charge in [0, 0.05) is 5.69 Å². The Kier molecular flexibility index (Phi) is 5.37. The molecule has 0 radical (unpaired) electrons. The standard InChI is InChI=1S/C18H16N2O3/c1-2-23-17-9-5-15(6-10-17)20-18(22)14(12-19)11-13-3-7-16(21)8-4-13/h3-11,21H,2H2,1H3,(H,20,22). The van der Waals surface area contributed by atoms with E-state index in [2.05, 4.69) is 5.32 Å². The Balaban J connectivity index is 2.11. The molecule has 0 unspecified atom stereocenters. The van der Waals surface area contributed by atoms with E-state index in [0.29, 0.717) is 23.6 Å². The summed E-state index contributed by atoms with van der Waals surface area (Å²) in [4.78, 5) is 12.1. The van der Waals surface area contributed by atoms with E-state index in [-0.39, 0.29) is 11.3 Å². The monoisotopic (exact) mass is 308 g/mol. The van der Waals surface area contributed by atoms with Gasteiger partial charge in [0.15, 0.2) is 0 Å². The number of phenols is 1. The summed E-state index contributed by atoms with van der Waals surface area (Å²) in [5.41, 5.74) is 1.20. The van der Waals surface area contributed by atoms with Crippen molar-refractivity contribution in [1.82, 2.24) is 0 Å². The number of nitrogens with one attached hydrogen (secondary N) is 1. The second kappa shape index (κ2) is 7.66. The summed E-state index contributed by atoms with van der Waals surface area (Å²) < 4.78 is 5.33. The first-order valence-electron chi connectivity index (χ1n) is 7.07. The molecule has 0 aliphatic heterocycles. The van der Waals surface area contributed by atoms with Crippen LogP contribution in [-0.2, 0) is 4.79 Å². The van der Waals surface area contributed by atoms with Gasteiger partial charge in [0.05, 0.1) is 6.61 Å². The van der Waals surface area contributed by atoms with Crippen LogP contribution in [0.3, 0.4) is 0 Å². The summed E-state index contributed by atoms with van der Waals surface area (Å²) in [6.45, 7) is 2.46. The van der Waals surface area contributed by atoms with Crippen molar-refractivity contribution >= 4 is 17.7 Å². The smallest absolute Gasteiger partial charge is 0.266 e. The number of benzene rings is 2. The van der Waals surface area contributed by atoms with Crippen molar-refractivity contribution < 1.29 is 14.6 Å². The molecule has 0 aliphatic carbocycles. The van der Waals surface area contributed by atoms with Crippen molar-refractivity contribution in [1.29, 1.82) is 5.26 Å². The summed E-state index contributed by atoms with van der Waals surface area (Å²) in [5.74, 6) is 0.342. The zero-order valence-corrected chi connectivity index (χ0v) is 12.6. The average molecular weight is 308 g/mol. The molecule has 0 heterocycles. The van der Waals surface area contributed by atoms with Crippen molar-refractivity contribution in [3.63, 3.8) is 0 Å². The first kappa shape index (κ1) is 16.1. The molecule has 0 saturated carbocycles. The maximum Gasteiger partial charge on any atom is 0.266 e. The van der Waals surface area contributed by atoms with Gasteiger partial charge >= 0.3 is 0 Å². The van der Waals surface area contributed by atoms with Gasteiger partial charge in [0.25, 0.3) is 5.91 Å². The fourth-order valence-electron chi connectivity index (χ4n) is 1.89. The van der Waals surface area contributed by atoms with Gasteiger partial charge in [-0.1, -0.05) is 12.1 Å². The molecule has 0 spiro atoms. The highest BCUT2D eigenvalue weighted by Gasteiger charge is 2.09. The summed E-state index contributed by atoms with van der Waals surface area (Å²) in [6.07, 6.45) is 1.46. The molecule has 2 aromatic rings. The highest BCUT2D eigenvalue weighted by Crippen LogP contribution is 2.17. The Hall–Kier alpha value is -3.26. The Morgan fingerprint density at radius 3 is 2.43 bits per heavy atom. The maximum atomic E-state index is 12.1. The number of amides is 1. The van der Waals surface area contributed by atoms with Gasteiger partial charge in [0.1, 0.15) is 23.1 Å². The lowest BCUT2D eigenvalue weighted by Crippen LogP contribution is -2.13. The van der Waals surface area contributed by atoms with E-state index in [1.807, 2.05) is 13.0 Å². The van der Waals surface area contributed by atoms with Crippen LogP contribution in [0.15, 0.2) is 54.1 Å². The molecule has 0 fully saturated rings. The third-order valence-electron chi connectivity index (χ3n) is 2.99. The zero-order valence-electron chi connectivity index (χ0n) is 12.6. The molecule has 0 aliphatic rings. The first-order valence-corrected chi connectivity index (χ1v) is 7.07. The van der Waals surface area contributed by atoms with E-state index in [1.165, 1.54) is 18.2 Å². The van der Waals surface area contributed by atoms with Crippen LogP contribution < -0.4 is 10.1 Å². The summed E-state index contributed by atoms with van der Waals surface area (Å²) >= 11 is 0. The van der Waals surface area contributed by atoms with Crippen molar-refractivity contribution in [2.75, 3.05) is 11.9 Å². The van der Waals surface area contributed by atoms with Gasteiger partial charge in [-0.2, -0.15) is 5.26 Å². The number of hydrogen-bond donors (Lipinski definition) is 2. The molecule has 2 aromatic carbocycles. The van der Waals surface area contributed by atoms with Crippen LogP contribution in [0.1, 0.15) is 12.5 Å². The Labute approximate surface area is 134 Å². The predicted octanol–water partition coefficient (Wildman–Crippen LogP) is 3.34. The van der Waals surface area contributed by atoms with Crippen molar-refractivity contribution in [3.8, 4) is 17.6 Å². The quantitative estimate of drug-likeness (QED) is 0.655. The maximum absolute atomic E-state index is 12.1. The summed E-state index contributed by atoms with van der Waals surface area (Å²) in [6, 6.07) is 15.0. The number of phenolic OH excluding ortho intramolecular Hbond substituents is 1. The van der Waals surface area contributed by atoms with Crippen molar-refractivity contribution in [2.45, 2.75) is 6.92 Å². The molecule has 23 heavy (non-hydrogen) atoms. The molecular formula is C18H16N2O3. The number of carbonyl (C=O) groups excluding carboxylic acids is 1. The average Bonchev–Trinajstić information content (AvgIpc) is 2.56. The minimum atomic E-state index is -0.496. The minimum Gasteiger partial charge on any atom is -0.508 e. The predicted molar refractivity (Wildman–Crippen MR) is 87.9 cm³/mol. The highest BCUT2D eigenvalue weighted by molar-refractivity contribution is 6.09. The normalized spacial score (nSPS) is 10.7. The third-order valence-corrected chi connectivity index (χ3v) is 2.99. The van der Waals surface area contributed by atoms with Crippen LogP contribution >= 0.6 is 0 Å². The molecule has 5 nitrogen and oxygen atoms in total. The van der Waals surface area contributed by atoms with Crippen LogP contribution in [0.4, 0.5) is 5.69 Å². The van der Waals surface area contributed by atoms with Gasteiger partial charge in [-0.25, -0.2) is 0 Å². The van der Waals surface area contributed by atoms with Crippen LogP contribution in [0.25, 0.3) is 6.08 Å². The summed E-state index contributed by atoms with van der Waals surface area (Å²) in [5, 5.41) is 21.1. The van der Waals surface area contributed by atoms with E-state index >= 15 is 0 Å². The molecule has 2 rings (SSSR count). The van der Waals surface area contributed by atoms with Gasteiger partial charge in [0.2, 0.25) is 0 Å². The number of nitriles is 1. The fraction of sp³-hybridized carbons (Fsp3) is 0.111. The van der Waals surface area contributed by atoms with Crippen molar-refractivity contribution in [2.24, 2.45) is 0 Å². The van der Waals surface area contributed by atoms with Gasteiger partial charge in [-0.05, 0) is 55.0 Å². The molecule has 1 amide bonds. The Bertz CT molecular complexity index is 741. The van der Waals surface area contributed by atoms with Crippen molar-refractivity contribution in [3.05, 3.63) is 59.7 Å². The second-order valence-corrected chi connectivity index (χ2v) is 4.67. The highest BCUT2D eigenvalue weighted by atomic mass is 16.5. The van der Waals surface area contributed by atoms with E-state index in [9.17, 15) is 9.90 Å². The molecule has 2 N–H and O–H groups in total. The van der Waals surface area contributed by atoms with E-state index < -0.39 is 5.91 Å². The van der Waals surface area contributed by atoms with E-state index in [0.717, 1.165) is 0 Å². The molecule has 0 saturated heterocycles. The Morgan fingerprint density at radius 2 is 1.87 bits per heavy atom. The minimum absolute atomic E-state index is 0.0235. The number of anilines is 1. The van der Waals surface area contributed by atoms with Gasteiger partial charge in [-0.15, -0.1) is 0 Å². The Morgan fingerprint density at radius 1 is 1.22 bits per heavy atom. The lowest BCUT2D eigenvalue weighted by molar-refractivity contribution is -0.112. The summed E-state index contributed by atoms with van der Waals surface area (Å²) in [7, 11) is 0. The first-order chi connectivity index (χ1) is 11.1. The van der Waals surface area contributed by atoms with Crippen LogP contribution in [-0.4, -0.2) is 17.6 Å². The SMILES string of the molecule is CCOc1ccc(NC(=O)C(C#N)=Cc2ccc(O)cc2)cc1. The number of rotatable bonds is 5. The van der Waals surface area contributed by atoms with Crippen LogP contribution in [0.2, 0.25) is 0 Å². The van der Waals surface area contributed by atoms with Crippen LogP contribution in [0.5, 0.6) is 11.5 Å². The van der Waals surface area contributed by atoms with E-state index in [1.54, 1.807) is 36.4 Å². The molecule has 116 valence electrons. The van der Waals surface area contributed by atoms with Gasteiger partial charge < -0.3 is 15.2 Å². The number of aromatic hydroxyl groups is 1. The fourth-order valence-corrected chi connectivity index (χ4v) is 1.89. The number of nitrogens with zero attached hydrogens (tertiary/aromatic N) is 1. The lowest BCUT2D eigenvalue weighted by atomic mass is 10.1. The van der Waals surface area contributed by atoms with Gasteiger partial charge in [-0.3, -0.25) is 4.79 Å². The topological polar surface area (TPSA) is 82.3 Å². The molecule has 0 atom stereocenters. The molecule has 5 heteroatoms. The second-order valence-electron chi connectivity index (χ2n) is 4.67. The zero-order chi connectivity index (χ0) is 16.7. The molecular weight excluding hydrogens is 292 g/mol. The van der Waals surface area contributed by atoms with E-state index in [4.69, 9.17) is 10.00 Å². The third kappa shape index (κ3) is 4.61. The number of hydrogen-bond acceptors (Lipinski definition) is 4. The number of ether oxygens (including phenoxy) is 1. The molecule has 0 bridgehead atoms.